The third-order valence-corrected chi connectivity index (χ3v) is 3.91. The summed E-state index contributed by atoms with van der Waals surface area (Å²) in [6.45, 7) is 2.27. The molecule has 0 bridgehead atoms. The van der Waals surface area contributed by atoms with Crippen molar-refractivity contribution in [2.75, 3.05) is 12.3 Å². The molecule has 20 heavy (non-hydrogen) atoms. The molecule has 0 amide bonds. The topological polar surface area (TPSA) is 52.3 Å². The van der Waals surface area contributed by atoms with Crippen LogP contribution in [0, 0.1) is 23.7 Å². The van der Waals surface area contributed by atoms with Crippen LogP contribution in [0.15, 0.2) is 12.1 Å². The highest BCUT2D eigenvalue weighted by Gasteiger charge is 2.29. The van der Waals surface area contributed by atoms with Crippen LogP contribution in [-0.4, -0.2) is 12.6 Å². The summed E-state index contributed by atoms with van der Waals surface area (Å²) >= 11 is 0. The van der Waals surface area contributed by atoms with Crippen molar-refractivity contribution in [1.29, 1.82) is 0 Å². The van der Waals surface area contributed by atoms with Gasteiger partial charge in [0.15, 0.2) is 0 Å². The van der Waals surface area contributed by atoms with Gasteiger partial charge in [-0.3, -0.25) is 4.79 Å². The fourth-order valence-electron chi connectivity index (χ4n) is 2.63. The molecule has 1 atom stereocenters. The second-order valence-corrected chi connectivity index (χ2v) is 5.61. The number of carbonyl (C=O) groups is 1. The van der Waals surface area contributed by atoms with E-state index in [1.807, 2.05) is 13.0 Å². The van der Waals surface area contributed by atoms with E-state index in [1.165, 1.54) is 18.4 Å². The summed E-state index contributed by atoms with van der Waals surface area (Å²) in [4.78, 5) is 11.8. The van der Waals surface area contributed by atoms with Crippen LogP contribution in [0.5, 0.6) is 0 Å². The predicted molar refractivity (Wildman–Crippen MR) is 78.0 cm³/mol. The summed E-state index contributed by atoms with van der Waals surface area (Å²) in [5.74, 6) is 6.82. The van der Waals surface area contributed by atoms with E-state index >= 15 is 0 Å². The van der Waals surface area contributed by atoms with Crippen molar-refractivity contribution in [2.24, 2.45) is 11.8 Å². The van der Waals surface area contributed by atoms with E-state index in [9.17, 15) is 4.79 Å². The van der Waals surface area contributed by atoms with Crippen LogP contribution in [0.3, 0.4) is 0 Å². The Morgan fingerprint density at radius 3 is 2.70 bits per heavy atom. The predicted octanol–water partition coefficient (Wildman–Crippen LogP) is 2.31. The Labute approximate surface area is 119 Å². The lowest BCUT2D eigenvalue weighted by Gasteiger charge is -2.06. The molecule has 0 heterocycles. The van der Waals surface area contributed by atoms with Crippen LogP contribution in [0.4, 0.5) is 5.69 Å². The number of esters is 1. The Morgan fingerprint density at radius 2 is 2.05 bits per heavy atom. The van der Waals surface area contributed by atoms with Crippen LogP contribution < -0.4 is 5.73 Å². The molecule has 2 aliphatic rings. The van der Waals surface area contributed by atoms with Gasteiger partial charge in [0.2, 0.25) is 0 Å². The molecule has 2 N–H and O–H groups in total. The molecule has 3 rings (SSSR count). The number of carbonyl (C=O) groups excluding carboxylic acids is 1. The fraction of sp³-hybridized carbons (Fsp3) is 0.471. The van der Waals surface area contributed by atoms with Gasteiger partial charge in [0.1, 0.15) is 0 Å². The second-order valence-electron chi connectivity index (χ2n) is 5.61. The van der Waals surface area contributed by atoms with Crippen LogP contribution in [0.2, 0.25) is 0 Å². The quantitative estimate of drug-likeness (QED) is 0.509. The summed E-state index contributed by atoms with van der Waals surface area (Å²) in [6, 6.07) is 4.03. The van der Waals surface area contributed by atoms with Gasteiger partial charge in [0, 0.05) is 17.2 Å². The van der Waals surface area contributed by atoms with Gasteiger partial charge in [-0.1, -0.05) is 11.8 Å². The lowest BCUT2D eigenvalue weighted by Crippen LogP contribution is -2.17. The molecule has 0 saturated heterocycles. The lowest BCUT2D eigenvalue weighted by molar-refractivity contribution is -0.147. The molecule has 104 valence electrons. The van der Waals surface area contributed by atoms with E-state index in [-0.39, 0.29) is 11.9 Å². The van der Waals surface area contributed by atoms with Crippen LogP contribution in [0.1, 0.15) is 36.5 Å². The van der Waals surface area contributed by atoms with Crippen LogP contribution in [-0.2, 0) is 22.4 Å². The third-order valence-electron chi connectivity index (χ3n) is 3.91. The largest absolute Gasteiger partial charge is 0.466 e. The molecule has 1 saturated carbocycles. The first-order chi connectivity index (χ1) is 9.67. The molecule has 1 aromatic carbocycles. The van der Waals surface area contributed by atoms with E-state index < -0.39 is 0 Å². The maximum Gasteiger partial charge on any atom is 0.309 e. The highest BCUT2D eigenvalue weighted by Crippen LogP contribution is 2.32. The van der Waals surface area contributed by atoms with Gasteiger partial charge in [0.05, 0.1) is 12.5 Å². The van der Waals surface area contributed by atoms with Crippen molar-refractivity contribution in [1.82, 2.24) is 0 Å². The third kappa shape index (κ3) is 2.65. The van der Waals surface area contributed by atoms with Gasteiger partial charge in [-0.05, 0) is 55.9 Å². The Bertz CT molecular complexity index is 605. The number of nitrogens with two attached hydrogens (primary N) is 1. The van der Waals surface area contributed by atoms with Gasteiger partial charge in [-0.25, -0.2) is 0 Å². The second kappa shape index (κ2) is 5.20. The molecule has 0 aliphatic heterocycles. The summed E-state index contributed by atoms with van der Waals surface area (Å²) in [7, 11) is 0. The standard InChI is InChI=1S/C17H19NO2/c1-2-20-17(19)15-8-13-7-12(6-5-11-3-4-11)16(18)10-14(13)9-15/h7,10-11,15H,2-4,8-9,18H2,1H3. The highest BCUT2D eigenvalue weighted by molar-refractivity contribution is 5.75. The van der Waals surface area contributed by atoms with Crippen molar-refractivity contribution < 1.29 is 9.53 Å². The number of hydrogen-bond donors (Lipinski definition) is 1. The average Bonchev–Trinajstić information content (AvgIpc) is 3.15. The number of anilines is 1. The zero-order valence-electron chi connectivity index (χ0n) is 11.7. The number of rotatable bonds is 2. The summed E-state index contributed by atoms with van der Waals surface area (Å²) < 4.78 is 5.11. The van der Waals surface area contributed by atoms with E-state index in [2.05, 4.69) is 17.9 Å². The molecule has 2 aliphatic carbocycles. The molecule has 0 spiro atoms. The van der Waals surface area contributed by atoms with Crippen molar-refractivity contribution in [3.8, 4) is 11.8 Å². The minimum absolute atomic E-state index is 0.0593. The molecule has 1 fully saturated rings. The first-order valence-electron chi connectivity index (χ1n) is 7.26. The normalized spacial score (nSPS) is 19.9. The van der Waals surface area contributed by atoms with Crippen LogP contribution >= 0.6 is 0 Å². The first-order valence-corrected chi connectivity index (χ1v) is 7.26. The molecular formula is C17H19NO2. The van der Waals surface area contributed by atoms with Crippen molar-refractivity contribution in [3.05, 3.63) is 28.8 Å². The van der Waals surface area contributed by atoms with E-state index in [4.69, 9.17) is 10.5 Å². The summed E-state index contributed by atoms with van der Waals surface area (Å²) in [6.07, 6.45) is 3.90. The number of nitrogen functional groups attached to an aromatic ring is 1. The smallest absolute Gasteiger partial charge is 0.309 e. The highest BCUT2D eigenvalue weighted by atomic mass is 16.5. The van der Waals surface area contributed by atoms with Crippen molar-refractivity contribution in [3.63, 3.8) is 0 Å². The van der Waals surface area contributed by atoms with Gasteiger partial charge in [0.25, 0.3) is 0 Å². The number of benzene rings is 1. The molecule has 1 unspecified atom stereocenters. The van der Waals surface area contributed by atoms with Crippen molar-refractivity contribution in [2.45, 2.75) is 32.6 Å². The van der Waals surface area contributed by atoms with E-state index in [0.717, 1.165) is 29.7 Å². The Hall–Kier alpha value is -1.95. The Balaban J connectivity index is 1.80. The molecular weight excluding hydrogens is 250 g/mol. The van der Waals surface area contributed by atoms with Gasteiger partial charge < -0.3 is 10.5 Å². The Kier molecular flexibility index (Phi) is 3.40. The van der Waals surface area contributed by atoms with Gasteiger partial charge >= 0.3 is 5.97 Å². The number of ether oxygens (including phenoxy) is 1. The van der Waals surface area contributed by atoms with E-state index in [1.54, 1.807) is 0 Å². The van der Waals surface area contributed by atoms with Crippen LogP contribution in [0.25, 0.3) is 0 Å². The molecule has 3 nitrogen and oxygen atoms in total. The van der Waals surface area contributed by atoms with E-state index in [0.29, 0.717) is 12.5 Å². The zero-order valence-corrected chi connectivity index (χ0v) is 11.7. The Morgan fingerprint density at radius 1 is 1.35 bits per heavy atom. The monoisotopic (exact) mass is 269 g/mol. The van der Waals surface area contributed by atoms with Gasteiger partial charge in [-0.2, -0.15) is 0 Å². The van der Waals surface area contributed by atoms with Crippen molar-refractivity contribution >= 4 is 11.7 Å². The average molecular weight is 269 g/mol. The minimum Gasteiger partial charge on any atom is -0.466 e. The number of hydrogen-bond acceptors (Lipinski definition) is 3. The fourth-order valence-corrected chi connectivity index (χ4v) is 2.63. The number of fused-ring (bicyclic) bond motifs is 1. The maximum atomic E-state index is 11.8. The lowest BCUT2D eigenvalue weighted by atomic mass is 10.0. The molecule has 3 heteroatoms. The first kappa shape index (κ1) is 13.1. The SMILES string of the molecule is CCOC(=O)C1Cc2cc(N)c(C#CC3CC3)cc2C1. The molecule has 0 radical (unpaired) electrons. The summed E-state index contributed by atoms with van der Waals surface area (Å²) in [5.41, 5.74) is 10.0. The molecule has 0 aromatic heterocycles. The molecule has 1 aromatic rings. The zero-order chi connectivity index (χ0) is 14.1. The maximum absolute atomic E-state index is 11.8. The minimum atomic E-state index is -0.104. The summed E-state index contributed by atoms with van der Waals surface area (Å²) in [5, 5.41) is 0. The van der Waals surface area contributed by atoms with Gasteiger partial charge in [-0.15, -0.1) is 0 Å².